The molecule has 0 aliphatic heterocycles. The monoisotopic (exact) mass is 338 g/mol. The Labute approximate surface area is 144 Å². The topological polar surface area (TPSA) is 59.8 Å². The molecule has 1 aromatic carbocycles. The number of rotatable bonds is 4. The summed E-state index contributed by atoms with van der Waals surface area (Å²) in [7, 11) is 0. The number of hydrogen-bond donors (Lipinski definition) is 1. The Hall–Kier alpha value is -2.66. The molecular weight excluding hydrogens is 324 g/mol. The van der Waals surface area contributed by atoms with Crippen molar-refractivity contribution in [3.8, 4) is 5.82 Å². The van der Waals surface area contributed by atoms with Crippen molar-refractivity contribution >= 4 is 23.2 Å². The van der Waals surface area contributed by atoms with E-state index in [0.717, 1.165) is 17.0 Å². The van der Waals surface area contributed by atoms with Gasteiger partial charge < -0.3 is 5.32 Å². The summed E-state index contributed by atoms with van der Waals surface area (Å²) in [6, 6.07) is 13.1. The van der Waals surface area contributed by atoms with Crippen molar-refractivity contribution in [3.05, 3.63) is 71.6 Å². The largest absolute Gasteiger partial charge is 0.323 e. The van der Waals surface area contributed by atoms with Crippen LogP contribution in [0.3, 0.4) is 0 Å². The van der Waals surface area contributed by atoms with E-state index in [2.05, 4.69) is 15.4 Å². The molecule has 2 atom stereocenters. The molecule has 6 heteroatoms. The molecule has 1 aliphatic rings. The third kappa shape index (κ3) is 2.78. The number of aromatic nitrogens is 3. The zero-order chi connectivity index (χ0) is 16.5. The Morgan fingerprint density at radius 3 is 2.83 bits per heavy atom. The fourth-order valence-electron chi connectivity index (χ4n) is 2.90. The van der Waals surface area contributed by atoms with Gasteiger partial charge in [0.1, 0.15) is 0 Å². The van der Waals surface area contributed by atoms with Gasteiger partial charge in [-0.2, -0.15) is 5.10 Å². The maximum Gasteiger partial charge on any atom is 0.228 e. The quantitative estimate of drug-likeness (QED) is 0.789. The molecule has 3 aromatic rings. The number of anilines is 1. The third-order valence-electron chi connectivity index (χ3n) is 4.20. The first kappa shape index (κ1) is 14.9. The van der Waals surface area contributed by atoms with Crippen LogP contribution < -0.4 is 5.32 Å². The lowest BCUT2D eigenvalue weighted by atomic mass is 10.1. The summed E-state index contributed by atoms with van der Waals surface area (Å²) in [6.45, 7) is 0. The van der Waals surface area contributed by atoms with Gasteiger partial charge in [0.15, 0.2) is 5.82 Å². The zero-order valence-corrected chi connectivity index (χ0v) is 13.5. The second-order valence-corrected chi connectivity index (χ2v) is 6.19. The van der Waals surface area contributed by atoms with Crippen LogP contribution in [0.1, 0.15) is 17.9 Å². The Kier molecular flexibility index (Phi) is 3.78. The molecule has 1 fully saturated rings. The van der Waals surface area contributed by atoms with Gasteiger partial charge in [-0.3, -0.25) is 4.79 Å². The van der Waals surface area contributed by atoms with E-state index in [4.69, 9.17) is 11.6 Å². The van der Waals surface area contributed by atoms with Crippen LogP contribution >= 0.6 is 11.6 Å². The van der Waals surface area contributed by atoms with E-state index in [1.807, 2.05) is 36.4 Å². The van der Waals surface area contributed by atoms with Crippen molar-refractivity contribution in [1.82, 2.24) is 14.8 Å². The molecule has 0 radical (unpaired) electrons. The summed E-state index contributed by atoms with van der Waals surface area (Å²) in [5.41, 5.74) is 1.69. The SMILES string of the molecule is O=C(Nc1cccnc1-n1cccn1)[C@@H]1C[C@@H]1c1ccccc1Cl. The van der Waals surface area contributed by atoms with E-state index in [0.29, 0.717) is 11.5 Å². The lowest BCUT2D eigenvalue weighted by molar-refractivity contribution is -0.117. The molecular formula is C18H15ClN4O. The molecule has 1 N–H and O–H groups in total. The first-order valence-corrected chi connectivity index (χ1v) is 8.12. The van der Waals surface area contributed by atoms with Crippen molar-refractivity contribution in [1.29, 1.82) is 0 Å². The van der Waals surface area contributed by atoms with Crippen LogP contribution in [-0.2, 0) is 4.79 Å². The molecule has 4 rings (SSSR count). The van der Waals surface area contributed by atoms with Gasteiger partial charge in [0.25, 0.3) is 0 Å². The highest BCUT2D eigenvalue weighted by molar-refractivity contribution is 6.31. The first-order chi connectivity index (χ1) is 11.7. The van der Waals surface area contributed by atoms with E-state index in [1.54, 1.807) is 29.3 Å². The van der Waals surface area contributed by atoms with E-state index < -0.39 is 0 Å². The van der Waals surface area contributed by atoms with Gasteiger partial charge in [-0.15, -0.1) is 0 Å². The zero-order valence-electron chi connectivity index (χ0n) is 12.8. The lowest BCUT2D eigenvalue weighted by Crippen LogP contribution is -2.17. The summed E-state index contributed by atoms with van der Waals surface area (Å²) in [5.74, 6) is 0.714. The van der Waals surface area contributed by atoms with Gasteiger partial charge in [0.2, 0.25) is 5.91 Å². The Morgan fingerprint density at radius 2 is 2.04 bits per heavy atom. The van der Waals surface area contributed by atoms with Gasteiger partial charge in [-0.05, 0) is 42.2 Å². The molecule has 0 bridgehead atoms. The average molecular weight is 339 g/mol. The standard InChI is InChI=1S/C18H15ClN4O/c19-15-6-2-1-5-12(15)13-11-14(13)18(24)22-16-7-3-8-20-17(16)23-10-4-9-21-23/h1-10,13-14H,11H2,(H,22,24)/t13-,14-/m1/s1. The van der Waals surface area contributed by atoms with Crippen molar-refractivity contribution in [2.75, 3.05) is 5.32 Å². The molecule has 0 unspecified atom stereocenters. The Bertz CT molecular complexity index is 878. The molecule has 2 aromatic heterocycles. The maximum atomic E-state index is 12.6. The minimum absolute atomic E-state index is 0.0127. The molecule has 1 saturated carbocycles. The van der Waals surface area contributed by atoms with E-state index in [1.165, 1.54) is 0 Å². The van der Waals surface area contributed by atoms with E-state index in [-0.39, 0.29) is 17.7 Å². The molecule has 1 amide bonds. The van der Waals surface area contributed by atoms with Crippen LogP contribution in [0.15, 0.2) is 61.1 Å². The van der Waals surface area contributed by atoms with Crippen molar-refractivity contribution < 1.29 is 4.79 Å². The van der Waals surface area contributed by atoms with E-state index >= 15 is 0 Å². The van der Waals surface area contributed by atoms with Gasteiger partial charge in [0.05, 0.1) is 5.69 Å². The number of carbonyl (C=O) groups is 1. The minimum atomic E-state index is -0.0597. The number of nitrogens with one attached hydrogen (secondary N) is 1. The number of carbonyl (C=O) groups excluding carboxylic acids is 1. The number of nitrogens with zero attached hydrogens (tertiary/aromatic N) is 3. The Balaban J connectivity index is 1.52. The average Bonchev–Trinajstić information content (AvgIpc) is 3.20. The lowest BCUT2D eigenvalue weighted by Gasteiger charge is -2.10. The van der Waals surface area contributed by atoms with Crippen LogP contribution in [0.25, 0.3) is 5.82 Å². The molecule has 24 heavy (non-hydrogen) atoms. The fraction of sp³-hybridized carbons (Fsp3) is 0.167. The van der Waals surface area contributed by atoms with Crippen LogP contribution in [0.4, 0.5) is 5.69 Å². The normalized spacial score (nSPS) is 19.0. The van der Waals surface area contributed by atoms with Crippen LogP contribution in [-0.4, -0.2) is 20.7 Å². The number of pyridine rings is 1. The molecule has 0 spiro atoms. The van der Waals surface area contributed by atoms with Gasteiger partial charge in [-0.25, -0.2) is 9.67 Å². The van der Waals surface area contributed by atoms with Gasteiger partial charge in [-0.1, -0.05) is 29.8 Å². The smallest absolute Gasteiger partial charge is 0.228 e. The summed E-state index contributed by atoms with van der Waals surface area (Å²) in [6.07, 6.45) is 5.96. The number of benzene rings is 1. The number of halogens is 1. The number of amides is 1. The summed E-state index contributed by atoms with van der Waals surface area (Å²) in [4.78, 5) is 16.9. The van der Waals surface area contributed by atoms with Gasteiger partial charge >= 0.3 is 0 Å². The van der Waals surface area contributed by atoms with Crippen LogP contribution in [0.5, 0.6) is 0 Å². The molecule has 0 saturated heterocycles. The van der Waals surface area contributed by atoms with Crippen molar-refractivity contribution in [2.24, 2.45) is 5.92 Å². The van der Waals surface area contributed by atoms with Crippen LogP contribution in [0.2, 0.25) is 5.02 Å². The summed E-state index contributed by atoms with van der Waals surface area (Å²) in [5, 5.41) is 7.87. The minimum Gasteiger partial charge on any atom is -0.323 e. The maximum absolute atomic E-state index is 12.6. The Morgan fingerprint density at radius 1 is 1.17 bits per heavy atom. The second kappa shape index (κ2) is 6.09. The molecule has 5 nitrogen and oxygen atoms in total. The second-order valence-electron chi connectivity index (χ2n) is 5.78. The third-order valence-corrected chi connectivity index (χ3v) is 4.54. The summed E-state index contributed by atoms with van der Waals surface area (Å²) >= 11 is 6.23. The highest BCUT2D eigenvalue weighted by Crippen LogP contribution is 2.50. The predicted molar refractivity (Wildman–Crippen MR) is 92.3 cm³/mol. The van der Waals surface area contributed by atoms with Crippen molar-refractivity contribution in [2.45, 2.75) is 12.3 Å². The number of hydrogen-bond acceptors (Lipinski definition) is 3. The van der Waals surface area contributed by atoms with Crippen LogP contribution in [0, 0.1) is 5.92 Å². The highest BCUT2D eigenvalue weighted by Gasteiger charge is 2.44. The first-order valence-electron chi connectivity index (χ1n) is 7.74. The predicted octanol–water partition coefficient (Wildman–Crippen LogP) is 3.66. The van der Waals surface area contributed by atoms with Gasteiger partial charge in [0, 0.05) is 29.5 Å². The molecule has 120 valence electrons. The fourth-order valence-corrected chi connectivity index (χ4v) is 3.18. The molecule has 1 aliphatic carbocycles. The molecule has 2 heterocycles. The van der Waals surface area contributed by atoms with Crippen molar-refractivity contribution in [3.63, 3.8) is 0 Å². The van der Waals surface area contributed by atoms with E-state index in [9.17, 15) is 4.79 Å². The summed E-state index contributed by atoms with van der Waals surface area (Å²) < 4.78 is 1.63. The highest BCUT2D eigenvalue weighted by atomic mass is 35.5.